The van der Waals surface area contributed by atoms with E-state index in [2.05, 4.69) is 19.2 Å². The molecule has 1 N–H and O–H groups in total. The molecule has 2 aromatic carbocycles. The zero-order chi connectivity index (χ0) is 21.9. The number of carbonyl (C=O) groups excluding carboxylic acids is 2. The molecule has 0 fully saturated rings. The van der Waals surface area contributed by atoms with Crippen molar-refractivity contribution in [2.45, 2.75) is 44.6 Å². The maximum Gasteiger partial charge on any atom is 0.242 e. The molecular weight excluding hydrogens is 416 g/mol. The maximum atomic E-state index is 13.1. The highest BCUT2D eigenvalue weighted by Crippen LogP contribution is 2.21. The SMILES string of the molecule is CCC(C(=O)NCC(C)C)N(CCc1ccccc1)C(=O)CSc1ccc(Cl)cc1. The predicted molar refractivity (Wildman–Crippen MR) is 126 cm³/mol. The smallest absolute Gasteiger partial charge is 0.242 e. The molecule has 0 spiro atoms. The van der Waals surface area contributed by atoms with Gasteiger partial charge in [0, 0.05) is 23.0 Å². The summed E-state index contributed by atoms with van der Waals surface area (Å²) in [5, 5.41) is 3.66. The lowest BCUT2D eigenvalue weighted by Crippen LogP contribution is -2.51. The van der Waals surface area contributed by atoms with Gasteiger partial charge in [0.05, 0.1) is 5.75 Å². The number of halogens is 1. The van der Waals surface area contributed by atoms with Gasteiger partial charge in [-0.15, -0.1) is 11.8 Å². The number of rotatable bonds is 11. The molecule has 2 rings (SSSR count). The van der Waals surface area contributed by atoms with E-state index in [0.717, 1.165) is 10.5 Å². The van der Waals surface area contributed by atoms with Crippen LogP contribution in [0.3, 0.4) is 0 Å². The molecular formula is C24H31ClN2O2S. The van der Waals surface area contributed by atoms with Crippen molar-refractivity contribution in [3.8, 4) is 0 Å². The third-order valence-corrected chi connectivity index (χ3v) is 5.98. The largest absolute Gasteiger partial charge is 0.354 e. The Balaban J connectivity index is 2.09. The van der Waals surface area contributed by atoms with Crippen molar-refractivity contribution in [2.75, 3.05) is 18.8 Å². The van der Waals surface area contributed by atoms with Gasteiger partial charge in [0.1, 0.15) is 6.04 Å². The van der Waals surface area contributed by atoms with Gasteiger partial charge in [-0.05, 0) is 48.6 Å². The summed E-state index contributed by atoms with van der Waals surface area (Å²) in [5.74, 6) is 0.534. The molecule has 0 saturated heterocycles. The number of hydrogen-bond donors (Lipinski definition) is 1. The summed E-state index contributed by atoms with van der Waals surface area (Å²) in [6.07, 6.45) is 1.29. The minimum absolute atomic E-state index is 0.0302. The van der Waals surface area contributed by atoms with Crippen molar-refractivity contribution in [3.05, 3.63) is 65.2 Å². The molecule has 0 heterocycles. The molecule has 0 aliphatic rings. The standard InChI is InChI=1S/C24H31ClN2O2S/c1-4-22(24(29)26-16-18(2)3)27(15-14-19-8-6-5-7-9-19)23(28)17-30-21-12-10-20(25)11-13-21/h5-13,18,22H,4,14-17H2,1-3H3,(H,26,29). The van der Waals surface area contributed by atoms with Crippen molar-refractivity contribution < 1.29 is 9.59 Å². The summed E-state index contributed by atoms with van der Waals surface area (Å²) in [4.78, 5) is 28.7. The average molecular weight is 447 g/mol. The van der Waals surface area contributed by atoms with E-state index in [1.807, 2.05) is 61.5 Å². The maximum absolute atomic E-state index is 13.1. The average Bonchev–Trinajstić information content (AvgIpc) is 2.75. The van der Waals surface area contributed by atoms with Crippen LogP contribution < -0.4 is 5.32 Å². The normalized spacial score (nSPS) is 11.9. The molecule has 1 unspecified atom stereocenters. The number of amides is 2. The Morgan fingerprint density at radius 2 is 1.73 bits per heavy atom. The van der Waals surface area contributed by atoms with Crippen molar-refractivity contribution >= 4 is 35.2 Å². The molecule has 2 amide bonds. The second kappa shape index (κ2) is 12.7. The fourth-order valence-corrected chi connectivity index (χ4v) is 3.99. The highest BCUT2D eigenvalue weighted by Gasteiger charge is 2.28. The third-order valence-electron chi connectivity index (χ3n) is 4.73. The molecule has 0 radical (unpaired) electrons. The summed E-state index contributed by atoms with van der Waals surface area (Å²) >= 11 is 7.41. The fourth-order valence-electron chi connectivity index (χ4n) is 3.08. The van der Waals surface area contributed by atoms with E-state index in [-0.39, 0.29) is 17.6 Å². The van der Waals surface area contributed by atoms with Crippen LogP contribution in [0, 0.1) is 5.92 Å². The Morgan fingerprint density at radius 1 is 1.07 bits per heavy atom. The molecule has 1 atom stereocenters. The van der Waals surface area contributed by atoms with E-state index in [1.165, 1.54) is 11.8 Å². The molecule has 30 heavy (non-hydrogen) atoms. The Bertz CT molecular complexity index is 797. The van der Waals surface area contributed by atoms with Crippen LogP contribution in [0.4, 0.5) is 0 Å². The van der Waals surface area contributed by atoms with E-state index in [1.54, 1.807) is 4.90 Å². The summed E-state index contributed by atoms with van der Waals surface area (Å²) in [6.45, 7) is 7.19. The zero-order valence-corrected chi connectivity index (χ0v) is 19.5. The van der Waals surface area contributed by atoms with Crippen LogP contribution in [-0.4, -0.2) is 41.6 Å². The zero-order valence-electron chi connectivity index (χ0n) is 17.9. The van der Waals surface area contributed by atoms with Crippen LogP contribution in [-0.2, 0) is 16.0 Å². The summed E-state index contributed by atoms with van der Waals surface area (Å²) < 4.78 is 0. The summed E-state index contributed by atoms with van der Waals surface area (Å²) in [6, 6.07) is 17.0. The summed E-state index contributed by atoms with van der Waals surface area (Å²) in [5.41, 5.74) is 1.15. The minimum atomic E-state index is -0.467. The Morgan fingerprint density at radius 3 is 2.33 bits per heavy atom. The van der Waals surface area contributed by atoms with Gasteiger partial charge in [0.15, 0.2) is 0 Å². The first kappa shape index (κ1) is 24.3. The van der Waals surface area contributed by atoms with Crippen molar-refractivity contribution in [1.82, 2.24) is 10.2 Å². The first-order valence-corrected chi connectivity index (χ1v) is 11.8. The van der Waals surface area contributed by atoms with Gasteiger partial charge in [0.2, 0.25) is 11.8 Å². The lowest BCUT2D eigenvalue weighted by molar-refractivity contribution is -0.138. The van der Waals surface area contributed by atoms with Crippen molar-refractivity contribution in [1.29, 1.82) is 0 Å². The molecule has 162 valence electrons. The monoisotopic (exact) mass is 446 g/mol. The van der Waals surface area contributed by atoms with Gasteiger partial charge < -0.3 is 10.2 Å². The van der Waals surface area contributed by atoms with Crippen molar-refractivity contribution in [3.63, 3.8) is 0 Å². The van der Waals surface area contributed by atoms with Gasteiger partial charge >= 0.3 is 0 Å². The van der Waals surface area contributed by atoms with Gasteiger partial charge in [-0.25, -0.2) is 0 Å². The number of nitrogens with one attached hydrogen (secondary N) is 1. The second-order valence-electron chi connectivity index (χ2n) is 7.63. The van der Waals surface area contributed by atoms with E-state index in [9.17, 15) is 9.59 Å². The Kier molecular flexibility index (Phi) is 10.2. The quantitative estimate of drug-likeness (QED) is 0.491. The van der Waals surface area contributed by atoms with Gasteiger partial charge in [-0.3, -0.25) is 9.59 Å². The van der Waals surface area contributed by atoms with Crippen LogP contribution in [0.5, 0.6) is 0 Å². The van der Waals surface area contributed by atoms with Crippen LogP contribution >= 0.6 is 23.4 Å². The molecule has 0 aliphatic carbocycles. The minimum Gasteiger partial charge on any atom is -0.354 e. The molecule has 2 aromatic rings. The fraction of sp³-hybridized carbons (Fsp3) is 0.417. The van der Waals surface area contributed by atoms with Crippen LogP contribution in [0.15, 0.2) is 59.5 Å². The Hall–Kier alpha value is -1.98. The van der Waals surface area contributed by atoms with E-state index < -0.39 is 6.04 Å². The third kappa shape index (κ3) is 8.04. The summed E-state index contributed by atoms with van der Waals surface area (Å²) in [7, 11) is 0. The van der Waals surface area contributed by atoms with E-state index in [0.29, 0.717) is 36.9 Å². The van der Waals surface area contributed by atoms with E-state index in [4.69, 9.17) is 11.6 Å². The molecule has 0 bridgehead atoms. The number of hydrogen-bond acceptors (Lipinski definition) is 3. The van der Waals surface area contributed by atoms with Crippen LogP contribution in [0.2, 0.25) is 5.02 Å². The lowest BCUT2D eigenvalue weighted by Gasteiger charge is -2.31. The van der Waals surface area contributed by atoms with Crippen LogP contribution in [0.1, 0.15) is 32.8 Å². The predicted octanol–water partition coefficient (Wildman–Crippen LogP) is 5.05. The van der Waals surface area contributed by atoms with Crippen LogP contribution in [0.25, 0.3) is 0 Å². The number of thioether (sulfide) groups is 1. The molecule has 4 nitrogen and oxygen atoms in total. The second-order valence-corrected chi connectivity index (χ2v) is 9.11. The Labute approximate surface area is 189 Å². The molecule has 6 heteroatoms. The molecule has 0 aromatic heterocycles. The molecule has 0 aliphatic heterocycles. The highest BCUT2D eigenvalue weighted by molar-refractivity contribution is 8.00. The first-order chi connectivity index (χ1) is 14.4. The number of nitrogens with zero attached hydrogens (tertiary/aromatic N) is 1. The van der Waals surface area contributed by atoms with Gasteiger partial charge in [0.25, 0.3) is 0 Å². The van der Waals surface area contributed by atoms with Gasteiger partial charge in [-0.1, -0.05) is 62.7 Å². The van der Waals surface area contributed by atoms with Crippen molar-refractivity contribution in [2.24, 2.45) is 5.92 Å². The highest BCUT2D eigenvalue weighted by atomic mass is 35.5. The number of benzene rings is 2. The van der Waals surface area contributed by atoms with E-state index >= 15 is 0 Å². The number of carbonyl (C=O) groups is 2. The molecule has 0 saturated carbocycles. The topological polar surface area (TPSA) is 49.4 Å². The lowest BCUT2D eigenvalue weighted by atomic mass is 10.1. The van der Waals surface area contributed by atoms with Gasteiger partial charge in [-0.2, -0.15) is 0 Å². The first-order valence-electron chi connectivity index (χ1n) is 10.4.